The van der Waals surface area contributed by atoms with E-state index in [1.807, 2.05) is 25.5 Å². The van der Waals surface area contributed by atoms with Gasteiger partial charge in [-0.25, -0.2) is 4.99 Å². The molecule has 102 valence electrons. The molecule has 0 spiro atoms. The van der Waals surface area contributed by atoms with E-state index in [4.69, 9.17) is 4.74 Å². The molecule has 3 atom stereocenters. The Bertz CT molecular complexity index is 507. The maximum atomic E-state index is 5.45. The number of aliphatic imine (C=N–C) groups is 1. The zero-order valence-electron chi connectivity index (χ0n) is 11.1. The van der Waals surface area contributed by atoms with Gasteiger partial charge in [0.2, 0.25) is 0 Å². The van der Waals surface area contributed by atoms with Crippen LogP contribution in [0.2, 0.25) is 0 Å². The minimum Gasteiger partial charge on any atom is -0.365 e. The highest BCUT2D eigenvalue weighted by Gasteiger charge is 2.28. The van der Waals surface area contributed by atoms with E-state index in [-0.39, 0.29) is 18.4 Å². The van der Waals surface area contributed by atoms with Gasteiger partial charge in [-0.15, -0.1) is 0 Å². The Kier molecular flexibility index (Phi) is 3.27. The molecule has 0 aliphatic carbocycles. The van der Waals surface area contributed by atoms with Crippen LogP contribution in [0, 0.1) is 0 Å². The zero-order valence-corrected chi connectivity index (χ0v) is 11.1. The fourth-order valence-corrected chi connectivity index (χ4v) is 2.60. The van der Waals surface area contributed by atoms with Crippen molar-refractivity contribution in [2.75, 3.05) is 7.11 Å². The Morgan fingerprint density at radius 3 is 3.21 bits per heavy atom. The second kappa shape index (κ2) is 5.07. The van der Waals surface area contributed by atoms with Gasteiger partial charge in [0.05, 0.1) is 23.8 Å². The lowest BCUT2D eigenvalue weighted by molar-refractivity contribution is 0.0435. The molecule has 1 aromatic heterocycles. The summed E-state index contributed by atoms with van der Waals surface area (Å²) in [7, 11) is 3.75. The van der Waals surface area contributed by atoms with Crippen molar-refractivity contribution in [3.8, 4) is 0 Å². The minimum absolute atomic E-state index is 0.0191. The number of hydrogen-bond acceptors (Lipinski definition) is 5. The summed E-state index contributed by atoms with van der Waals surface area (Å²) in [6, 6.07) is 2.23. The second-order valence-electron chi connectivity index (χ2n) is 4.79. The number of fused-ring (bicyclic) bond motifs is 1. The number of nitrogens with one attached hydrogen (secondary N) is 3. The molecule has 0 fully saturated rings. The molecule has 0 saturated carbocycles. The lowest BCUT2D eigenvalue weighted by atomic mass is 10.1. The van der Waals surface area contributed by atoms with Crippen molar-refractivity contribution in [1.29, 1.82) is 0 Å². The molecule has 19 heavy (non-hydrogen) atoms. The Balaban J connectivity index is 1.78. The van der Waals surface area contributed by atoms with E-state index < -0.39 is 0 Å². The van der Waals surface area contributed by atoms with E-state index in [1.165, 1.54) is 0 Å². The molecule has 0 radical (unpaired) electrons. The molecule has 3 unspecified atom stereocenters. The maximum Gasteiger partial charge on any atom is 0.142 e. The summed E-state index contributed by atoms with van der Waals surface area (Å²) >= 11 is 0. The number of rotatable bonds is 3. The normalized spacial score (nSPS) is 28.6. The minimum atomic E-state index is -0.0191. The van der Waals surface area contributed by atoms with E-state index in [0.717, 1.165) is 17.8 Å². The first-order chi connectivity index (χ1) is 9.29. The van der Waals surface area contributed by atoms with Crippen molar-refractivity contribution in [2.45, 2.75) is 24.9 Å². The third-order valence-electron chi connectivity index (χ3n) is 3.59. The predicted molar refractivity (Wildman–Crippen MR) is 74.1 cm³/mol. The van der Waals surface area contributed by atoms with Crippen molar-refractivity contribution in [2.24, 2.45) is 12.0 Å². The fourth-order valence-electron chi connectivity index (χ4n) is 2.60. The summed E-state index contributed by atoms with van der Waals surface area (Å²) < 4.78 is 7.54. The monoisotopic (exact) mass is 261 g/mol. The standard InChI is InChI=1S/C13H19N5O/c1-18-7-5-9-11(18)12(16-8-15-9)17-10-4-3-6-14-13(10)19-2/h3,5-8,10,12-14,17H,4H2,1-2H3,(H,15,16). The smallest absolute Gasteiger partial charge is 0.142 e. The van der Waals surface area contributed by atoms with Gasteiger partial charge in [-0.05, 0) is 18.7 Å². The first-order valence-corrected chi connectivity index (χ1v) is 6.43. The van der Waals surface area contributed by atoms with E-state index in [9.17, 15) is 0 Å². The third kappa shape index (κ3) is 2.24. The number of hydrogen-bond donors (Lipinski definition) is 3. The van der Waals surface area contributed by atoms with E-state index in [2.05, 4.69) is 31.6 Å². The van der Waals surface area contributed by atoms with Gasteiger partial charge in [-0.1, -0.05) is 6.08 Å². The van der Waals surface area contributed by atoms with Crippen molar-refractivity contribution >= 4 is 12.0 Å². The third-order valence-corrected chi connectivity index (χ3v) is 3.59. The lowest BCUT2D eigenvalue weighted by Crippen LogP contribution is -2.53. The molecule has 2 aliphatic heterocycles. The average molecular weight is 261 g/mol. The molecule has 3 heterocycles. The fraction of sp³-hybridized carbons (Fsp3) is 0.462. The molecular formula is C13H19N5O. The average Bonchev–Trinajstić information content (AvgIpc) is 2.82. The zero-order chi connectivity index (χ0) is 13.2. The van der Waals surface area contributed by atoms with Gasteiger partial charge < -0.3 is 19.9 Å². The van der Waals surface area contributed by atoms with Crippen LogP contribution in [0.4, 0.5) is 5.69 Å². The topological polar surface area (TPSA) is 62.6 Å². The highest BCUT2D eigenvalue weighted by atomic mass is 16.5. The Morgan fingerprint density at radius 2 is 2.37 bits per heavy atom. The summed E-state index contributed by atoms with van der Waals surface area (Å²) in [4.78, 5) is 4.34. The predicted octanol–water partition coefficient (Wildman–Crippen LogP) is 0.724. The summed E-state index contributed by atoms with van der Waals surface area (Å²) in [5.74, 6) is 0. The van der Waals surface area contributed by atoms with E-state index >= 15 is 0 Å². The maximum absolute atomic E-state index is 5.45. The molecular weight excluding hydrogens is 242 g/mol. The molecule has 6 nitrogen and oxygen atoms in total. The van der Waals surface area contributed by atoms with Crippen LogP contribution >= 0.6 is 0 Å². The molecule has 6 heteroatoms. The summed E-state index contributed by atoms with van der Waals surface area (Å²) in [5, 5.41) is 10.1. The van der Waals surface area contributed by atoms with Gasteiger partial charge in [0, 0.05) is 20.4 Å². The molecule has 1 aromatic rings. The molecule has 3 N–H and O–H groups in total. The first kappa shape index (κ1) is 12.3. The first-order valence-electron chi connectivity index (χ1n) is 6.43. The Morgan fingerprint density at radius 1 is 1.47 bits per heavy atom. The van der Waals surface area contributed by atoms with Crippen LogP contribution in [0.3, 0.4) is 0 Å². The number of aryl methyl sites for hydroxylation is 1. The van der Waals surface area contributed by atoms with E-state index in [1.54, 1.807) is 13.4 Å². The lowest BCUT2D eigenvalue weighted by Gasteiger charge is -2.34. The van der Waals surface area contributed by atoms with Gasteiger partial charge in [0.1, 0.15) is 12.4 Å². The van der Waals surface area contributed by atoms with Crippen LogP contribution in [0.15, 0.2) is 29.5 Å². The van der Waals surface area contributed by atoms with Crippen LogP contribution in [0.5, 0.6) is 0 Å². The van der Waals surface area contributed by atoms with Gasteiger partial charge in [-0.2, -0.15) is 0 Å². The molecule has 0 amide bonds. The number of methoxy groups -OCH3 is 1. The summed E-state index contributed by atoms with van der Waals surface area (Å²) in [5.41, 5.74) is 2.15. The van der Waals surface area contributed by atoms with Crippen LogP contribution < -0.4 is 16.0 Å². The molecule has 3 rings (SSSR count). The number of nitrogens with zero attached hydrogens (tertiary/aromatic N) is 2. The summed E-state index contributed by atoms with van der Waals surface area (Å²) in [6.45, 7) is 0. The van der Waals surface area contributed by atoms with Crippen LogP contribution in [0.25, 0.3) is 0 Å². The Hall–Kier alpha value is -1.79. The Labute approximate surface area is 112 Å². The van der Waals surface area contributed by atoms with E-state index in [0.29, 0.717) is 0 Å². The number of ether oxygens (including phenoxy) is 1. The van der Waals surface area contributed by atoms with Gasteiger partial charge in [-0.3, -0.25) is 5.32 Å². The SMILES string of the molecule is COC1NC=CCC1NC1NC=Nc2ccn(C)c21. The molecule has 0 aromatic carbocycles. The quantitative estimate of drug-likeness (QED) is 0.750. The summed E-state index contributed by atoms with van der Waals surface area (Å²) in [6.07, 6.45) is 8.77. The van der Waals surface area contributed by atoms with Gasteiger partial charge in [0.15, 0.2) is 0 Å². The van der Waals surface area contributed by atoms with Crippen molar-refractivity contribution < 1.29 is 4.74 Å². The van der Waals surface area contributed by atoms with Crippen molar-refractivity contribution in [3.05, 3.63) is 30.2 Å². The van der Waals surface area contributed by atoms with Crippen molar-refractivity contribution in [1.82, 2.24) is 20.5 Å². The molecule has 2 aliphatic rings. The molecule has 0 bridgehead atoms. The highest BCUT2D eigenvalue weighted by Crippen LogP contribution is 2.28. The van der Waals surface area contributed by atoms with Crippen LogP contribution in [-0.2, 0) is 11.8 Å². The second-order valence-corrected chi connectivity index (χ2v) is 4.79. The van der Waals surface area contributed by atoms with Crippen molar-refractivity contribution in [3.63, 3.8) is 0 Å². The molecule has 0 saturated heterocycles. The van der Waals surface area contributed by atoms with Crippen LogP contribution in [-0.4, -0.2) is 30.3 Å². The van der Waals surface area contributed by atoms with Crippen LogP contribution in [0.1, 0.15) is 18.3 Å². The van der Waals surface area contributed by atoms with Gasteiger partial charge >= 0.3 is 0 Å². The largest absolute Gasteiger partial charge is 0.365 e. The van der Waals surface area contributed by atoms with Gasteiger partial charge in [0.25, 0.3) is 0 Å². The highest BCUT2D eigenvalue weighted by molar-refractivity contribution is 5.67. The number of aromatic nitrogens is 1.